The minimum atomic E-state index is -3.17. The maximum atomic E-state index is 12.1. The zero-order valence-corrected chi connectivity index (χ0v) is 13.3. The van der Waals surface area contributed by atoms with Gasteiger partial charge in [-0.05, 0) is 17.7 Å². The van der Waals surface area contributed by atoms with Crippen LogP contribution >= 0.6 is 0 Å². The van der Waals surface area contributed by atoms with E-state index in [0.717, 1.165) is 18.5 Å². The number of aromatic hydroxyl groups is 1. The summed E-state index contributed by atoms with van der Waals surface area (Å²) in [5.41, 5.74) is 0.341. The van der Waals surface area contributed by atoms with Gasteiger partial charge in [0.2, 0.25) is 0 Å². The summed E-state index contributed by atoms with van der Waals surface area (Å²) in [5.74, 6) is -1.49. The van der Waals surface area contributed by atoms with Gasteiger partial charge in [0, 0.05) is 11.8 Å². The van der Waals surface area contributed by atoms with E-state index < -0.39 is 32.1 Å². The fourth-order valence-electron chi connectivity index (χ4n) is 1.87. The number of aromatic nitrogens is 1. The van der Waals surface area contributed by atoms with E-state index in [9.17, 15) is 28.4 Å². The fourth-order valence-corrected chi connectivity index (χ4v) is 2.67. The van der Waals surface area contributed by atoms with Crippen molar-refractivity contribution in [3.63, 3.8) is 0 Å². The molecule has 0 unspecified atom stereocenters. The van der Waals surface area contributed by atoms with Gasteiger partial charge in [0.1, 0.15) is 6.20 Å². The quantitative estimate of drug-likeness (QED) is 0.614. The zero-order valence-electron chi connectivity index (χ0n) is 12.5. The second-order valence-electron chi connectivity index (χ2n) is 5.04. The molecule has 0 radical (unpaired) electrons. The Morgan fingerprint density at radius 3 is 2.46 bits per heavy atom. The lowest BCUT2D eigenvalue weighted by Crippen LogP contribution is -2.13. The molecule has 10 heteroatoms. The van der Waals surface area contributed by atoms with Crippen LogP contribution in [-0.2, 0) is 15.6 Å². The Labute approximate surface area is 137 Å². The number of benzene rings is 1. The van der Waals surface area contributed by atoms with Crippen LogP contribution in [0.25, 0.3) is 0 Å². The minimum Gasteiger partial charge on any atom is -0.504 e. The molecule has 24 heavy (non-hydrogen) atoms. The van der Waals surface area contributed by atoms with E-state index in [1.807, 2.05) is 0 Å². The van der Waals surface area contributed by atoms with E-state index in [2.05, 4.69) is 10.3 Å². The third-order valence-corrected chi connectivity index (χ3v) is 3.80. The Balaban J connectivity index is 2.14. The Morgan fingerprint density at radius 2 is 1.96 bits per heavy atom. The summed E-state index contributed by atoms with van der Waals surface area (Å²) >= 11 is 0. The largest absolute Gasteiger partial charge is 0.504 e. The number of anilines is 1. The van der Waals surface area contributed by atoms with Crippen LogP contribution in [0.3, 0.4) is 0 Å². The van der Waals surface area contributed by atoms with Crippen molar-refractivity contribution in [2.45, 2.75) is 5.75 Å². The molecule has 0 aliphatic heterocycles. The van der Waals surface area contributed by atoms with Crippen molar-refractivity contribution in [3.05, 3.63) is 57.8 Å². The number of pyridine rings is 1. The summed E-state index contributed by atoms with van der Waals surface area (Å²) in [6, 6.07) is 6.73. The van der Waals surface area contributed by atoms with Crippen LogP contribution in [0.4, 0.5) is 11.5 Å². The number of hydrogen-bond donors (Lipinski definition) is 2. The smallest absolute Gasteiger partial charge is 0.291 e. The molecule has 0 atom stereocenters. The molecule has 1 aromatic heterocycles. The van der Waals surface area contributed by atoms with Crippen molar-refractivity contribution >= 4 is 27.2 Å². The minimum absolute atomic E-state index is 0.139. The number of amides is 1. The lowest BCUT2D eigenvalue weighted by molar-refractivity contribution is -0.385. The van der Waals surface area contributed by atoms with E-state index in [0.29, 0.717) is 5.56 Å². The van der Waals surface area contributed by atoms with Gasteiger partial charge in [0.05, 0.1) is 16.7 Å². The van der Waals surface area contributed by atoms with Gasteiger partial charge in [-0.15, -0.1) is 0 Å². The predicted molar refractivity (Wildman–Crippen MR) is 85.5 cm³/mol. The first-order valence-electron chi connectivity index (χ1n) is 6.57. The molecule has 0 fully saturated rings. The molecule has 2 aromatic rings. The van der Waals surface area contributed by atoms with Crippen molar-refractivity contribution in [3.8, 4) is 5.75 Å². The van der Waals surface area contributed by atoms with Gasteiger partial charge in [0.15, 0.2) is 21.4 Å². The van der Waals surface area contributed by atoms with E-state index in [1.54, 1.807) is 0 Å². The first-order chi connectivity index (χ1) is 11.2. The van der Waals surface area contributed by atoms with Gasteiger partial charge < -0.3 is 10.4 Å². The Hall–Kier alpha value is -3.01. The van der Waals surface area contributed by atoms with Crippen LogP contribution in [0.1, 0.15) is 15.9 Å². The summed E-state index contributed by atoms with van der Waals surface area (Å²) in [6.07, 6.45) is 2.02. The Bertz CT molecular complexity index is 893. The number of carbonyl (C=O) groups excluding carboxylic acids is 1. The Kier molecular flexibility index (Phi) is 4.79. The summed E-state index contributed by atoms with van der Waals surface area (Å²) in [4.78, 5) is 25.5. The molecule has 0 saturated carbocycles. The van der Waals surface area contributed by atoms with Gasteiger partial charge in [-0.2, -0.15) is 0 Å². The summed E-state index contributed by atoms with van der Waals surface area (Å²) in [6.45, 7) is 0. The molecule has 1 heterocycles. The fraction of sp³-hybridized carbons (Fsp3) is 0.143. The molecule has 2 N–H and O–H groups in total. The second kappa shape index (κ2) is 6.62. The number of nitro groups is 1. The van der Waals surface area contributed by atoms with Crippen molar-refractivity contribution < 1.29 is 23.2 Å². The maximum absolute atomic E-state index is 12.1. The maximum Gasteiger partial charge on any atom is 0.291 e. The van der Waals surface area contributed by atoms with Crippen LogP contribution in [0.5, 0.6) is 5.75 Å². The molecule has 9 nitrogen and oxygen atoms in total. The second-order valence-corrected chi connectivity index (χ2v) is 7.18. The molecule has 0 saturated heterocycles. The average Bonchev–Trinajstić information content (AvgIpc) is 2.48. The van der Waals surface area contributed by atoms with Gasteiger partial charge in [0.25, 0.3) is 11.6 Å². The monoisotopic (exact) mass is 351 g/mol. The highest BCUT2D eigenvalue weighted by molar-refractivity contribution is 7.89. The van der Waals surface area contributed by atoms with E-state index >= 15 is 0 Å². The third kappa shape index (κ3) is 4.49. The third-order valence-electron chi connectivity index (χ3n) is 2.94. The standard InChI is InChI=1S/C14H13N3O6S/c1-24(22,23)8-9-2-4-10(5-3-9)14(19)16-13-12(18)6-11(7-15-13)17(20)21/h2-7,18H,8H2,1H3,(H,15,16,19). The zero-order chi connectivity index (χ0) is 17.9. The summed E-state index contributed by atoms with van der Waals surface area (Å²) < 4.78 is 22.4. The van der Waals surface area contributed by atoms with Crippen LogP contribution in [-0.4, -0.2) is 35.6 Å². The number of rotatable bonds is 5. The summed E-state index contributed by atoms with van der Waals surface area (Å²) in [5, 5.41) is 22.5. The van der Waals surface area contributed by atoms with Crippen LogP contribution in [0, 0.1) is 10.1 Å². The van der Waals surface area contributed by atoms with Gasteiger partial charge in [-0.25, -0.2) is 13.4 Å². The predicted octanol–water partition coefficient (Wildman–Crippen LogP) is 1.49. The molecule has 2 rings (SSSR count). The van der Waals surface area contributed by atoms with E-state index in [-0.39, 0.29) is 17.1 Å². The SMILES string of the molecule is CS(=O)(=O)Cc1ccc(C(=O)Nc2ncc([N+](=O)[O-])cc2O)cc1. The molecule has 1 amide bonds. The van der Waals surface area contributed by atoms with E-state index in [4.69, 9.17) is 0 Å². The first kappa shape index (κ1) is 17.3. The Morgan fingerprint density at radius 1 is 1.33 bits per heavy atom. The van der Waals surface area contributed by atoms with E-state index in [1.165, 1.54) is 24.3 Å². The molecule has 0 spiro atoms. The summed E-state index contributed by atoms with van der Waals surface area (Å²) in [7, 11) is -3.17. The number of nitrogens with zero attached hydrogens (tertiary/aromatic N) is 2. The molecule has 0 bridgehead atoms. The molecule has 0 aliphatic rings. The van der Waals surface area contributed by atoms with Crippen molar-refractivity contribution in [1.82, 2.24) is 4.98 Å². The highest BCUT2D eigenvalue weighted by Crippen LogP contribution is 2.25. The number of hydrogen-bond acceptors (Lipinski definition) is 7. The van der Waals surface area contributed by atoms with Crippen LogP contribution < -0.4 is 5.32 Å². The van der Waals surface area contributed by atoms with Gasteiger partial charge in [-0.3, -0.25) is 14.9 Å². The molecule has 0 aliphatic carbocycles. The number of sulfone groups is 1. The van der Waals surface area contributed by atoms with Gasteiger partial charge >= 0.3 is 0 Å². The normalized spacial score (nSPS) is 11.0. The van der Waals surface area contributed by atoms with Crippen molar-refractivity contribution in [1.29, 1.82) is 0 Å². The number of carbonyl (C=O) groups is 1. The topological polar surface area (TPSA) is 140 Å². The van der Waals surface area contributed by atoms with Crippen LogP contribution in [0.2, 0.25) is 0 Å². The van der Waals surface area contributed by atoms with Crippen molar-refractivity contribution in [2.24, 2.45) is 0 Å². The van der Waals surface area contributed by atoms with Crippen LogP contribution in [0.15, 0.2) is 36.5 Å². The molecule has 1 aromatic carbocycles. The van der Waals surface area contributed by atoms with Gasteiger partial charge in [-0.1, -0.05) is 12.1 Å². The molecular weight excluding hydrogens is 338 g/mol. The highest BCUT2D eigenvalue weighted by atomic mass is 32.2. The number of nitrogens with one attached hydrogen (secondary N) is 1. The van der Waals surface area contributed by atoms with Crippen molar-refractivity contribution in [2.75, 3.05) is 11.6 Å². The lowest BCUT2D eigenvalue weighted by Gasteiger charge is -2.07. The first-order valence-corrected chi connectivity index (χ1v) is 8.63. The molecule has 126 valence electrons. The molecular formula is C14H13N3O6S. The average molecular weight is 351 g/mol. The lowest BCUT2D eigenvalue weighted by atomic mass is 10.1. The highest BCUT2D eigenvalue weighted by Gasteiger charge is 2.15.